The van der Waals surface area contributed by atoms with Gasteiger partial charge in [-0.1, -0.05) is 47.1 Å². The summed E-state index contributed by atoms with van der Waals surface area (Å²) in [6.45, 7) is 8.28. The molecule has 2 aromatic heterocycles. The van der Waals surface area contributed by atoms with Crippen molar-refractivity contribution >= 4 is 40.9 Å². The molecule has 30 heavy (non-hydrogen) atoms. The molecule has 0 aliphatic rings. The first-order valence-corrected chi connectivity index (χ1v) is 10.7. The molecule has 0 spiro atoms. The second-order valence-corrected chi connectivity index (χ2v) is 7.93. The molecule has 3 aromatic rings. The maximum absolute atomic E-state index is 12.6. The van der Waals surface area contributed by atoms with Crippen LogP contribution in [0.4, 0.5) is 0 Å². The summed E-state index contributed by atoms with van der Waals surface area (Å²) in [6.07, 6.45) is 6.73. The molecule has 0 fully saturated rings. The summed E-state index contributed by atoms with van der Waals surface area (Å²) in [6, 6.07) is 8.84. The lowest BCUT2D eigenvalue weighted by Crippen LogP contribution is -2.32. The zero-order chi connectivity index (χ0) is 21.5. The van der Waals surface area contributed by atoms with Crippen LogP contribution in [0.3, 0.4) is 0 Å². The molecule has 0 N–H and O–H groups in total. The summed E-state index contributed by atoms with van der Waals surface area (Å²) in [5.74, 6) is 0.663. The fourth-order valence-corrected chi connectivity index (χ4v) is 3.94. The highest BCUT2D eigenvalue weighted by atomic mass is 35.5. The Kier molecular flexibility index (Phi) is 7.68. The molecule has 0 saturated heterocycles. The largest absolute Gasteiger partial charge is 0.335 e. The van der Waals surface area contributed by atoms with Gasteiger partial charge in [0.1, 0.15) is 0 Å². The van der Waals surface area contributed by atoms with Crippen molar-refractivity contribution in [3.8, 4) is 17.1 Å². The molecule has 0 radical (unpaired) electrons. The fraction of sp³-hybridized carbons (Fsp3) is 0.143. The molecule has 2 heterocycles. The van der Waals surface area contributed by atoms with E-state index in [4.69, 9.17) is 23.2 Å². The molecular weight excluding hydrogens is 441 g/mol. The second kappa shape index (κ2) is 10.4. The van der Waals surface area contributed by atoms with Crippen LogP contribution in [0.25, 0.3) is 17.1 Å². The Balaban J connectivity index is 1.98. The minimum absolute atomic E-state index is 0.0607. The average molecular weight is 460 g/mol. The normalized spacial score (nSPS) is 10.6. The van der Waals surface area contributed by atoms with Crippen LogP contribution in [-0.2, 0) is 4.79 Å². The highest BCUT2D eigenvalue weighted by Crippen LogP contribution is 2.32. The number of hydrogen-bond acceptors (Lipinski definition) is 5. The van der Waals surface area contributed by atoms with E-state index in [0.29, 0.717) is 39.8 Å². The topological polar surface area (TPSA) is 63.9 Å². The first kappa shape index (κ1) is 22.1. The van der Waals surface area contributed by atoms with Crippen molar-refractivity contribution in [2.75, 3.05) is 18.8 Å². The standard InChI is InChI=1S/C21H19Cl2N5OS/c1-3-10-27(11-4-2)19(29)14-30-21-26-25-20(15-6-5-9-24-13-15)28(21)18-12-16(22)7-8-17(18)23/h3-9,12-13H,1-2,10-11,14H2. The number of benzene rings is 1. The smallest absolute Gasteiger partial charge is 0.233 e. The summed E-state index contributed by atoms with van der Waals surface area (Å²) in [5.41, 5.74) is 1.39. The first-order valence-electron chi connectivity index (χ1n) is 8.98. The Bertz CT molecular complexity index is 1040. The monoisotopic (exact) mass is 459 g/mol. The van der Waals surface area contributed by atoms with Crippen molar-refractivity contribution in [3.05, 3.63) is 78.1 Å². The molecule has 0 unspecified atom stereocenters. The predicted octanol–water partition coefficient (Wildman–Crippen LogP) is 4.93. The number of halogens is 2. The van der Waals surface area contributed by atoms with E-state index in [2.05, 4.69) is 28.3 Å². The number of carbonyl (C=O) groups excluding carboxylic acids is 1. The number of carbonyl (C=O) groups is 1. The second-order valence-electron chi connectivity index (χ2n) is 6.14. The molecule has 0 saturated carbocycles. The zero-order valence-electron chi connectivity index (χ0n) is 16.0. The molecule has 0 aliphatic heterocycles. The van der Waals surface area contributed by atoms with Crippen molar-refractivity contribution in [2.45, 2.75) is 5.16 Å². The average Bonchev–Trinajstić information content (AvgIpc) is 3.18. The Hall–Kier alpha value is -2.61. The number of rotatable bonds is 9. The van der Waals surface area contributed by atoms with E-state index < -0.39 is 0 Å². The van der Waals surface area contributed by atoms with Crippen LogP contribution in [0, 0.1) is 0 Å². The van der Waals surface area contributed by atoms with Crippen molar-refractivity contribution in [1.82, 2.24) is 24.6 Å². The molecule has 3 rings (SSSR count). The van der Waals surface area contributed by atoms with E-state index in [9.17, 15) is 4.79 Å². The van der Waals surface area contributed by atoms with Gasteiger partial charge in [0.25, 0.3) is 0 Å². The van der Waals surface area contributed by atoms with E-state index >= 15 is 0 Å². The van der Waals surface area contributed by atoms with Crippen molar-refractivity contribution in [2.24, 2.45) is 0 Å². The summed E-state index contributed by atoms with van der Waals surface area (Å²) < 4.78 is 1.79. The van der Waals surface area contributed by atoms with Gasteiger partial charge in [0, 0.05) is 36.1 Å². The van der Waals surface area contributed by atoms with Gasteiger partial charge in [-0.05, 0) is 30.3 Å². The summed E-state index contributed by atoms with van der Waals surface area (Å²) in [5, 5.41) is 10.1. The number of amides is 1. The number of nitrogens with zero attached hydrogens (tertiary/aromatic N) is 5. The van der Waals surface area contributed by atoms with Crippen molar-refractivity contribution in [1.29, 1.82) is 0 Å². The van der Waals surface area contributed by atoms with Gasteiger partial charge in [-0.25, -0.2) is 0 Å². The summed E-state index contributed by atoms with van der Waals surface area (Å²) >= 11 is 13.9. The third-order valence-corrected chi connectivity index (χ3v) is 5.55. The third-order valence-electron chi connectivity index (χ3n) is 4.08. The van der Waals surface area contributed by atoms with E-state index in [1.165, 1.54) is 11.8 Å². The van der Waals surface area contributed by atoms with Crippen LogP contribution in [0.2, 0.25) is 10.0 Å². The van der Waals surface area contributed by atoms with Gasteiger partial charge >= 0.3 is 0 Å². The number of thioether (sulfide) groups is 1. The molecule has 1 aromatic carbocycles. The van der Waals surface area contributed by atoms with Gasteiger partial charge < -0.3 is 4.90 Å². The molecule has 1 amide bonds. The minimum atomic E-state index is -0.0607. The van der Waals surface area contributed by atoms with Crippen LogP contribution >= 0.6 is 35.0 Å². The third kappa shape index (κ3) is 5.11. The van der Waals surface area contributed by atoms with Gasteiger partial charge in [-0.2, -0.15) is 0 Å². The molecule has 0 atom stereocenters. The highest BCUT2D eigenvalue weighted by molar-refractivity contribution is 7.99. The summed E-state index contributed by atoms with van der Waals surface area (Å²) in [7, 11) is 0. The quantitative estimate of drug-likeness (QED) is 0.335. The fourth-order valence-electron chi connectivity index (χ4n) is 2.73. The van der Waals surface area contributed by atoms with Crippen molar-refractivity contribution in [3.63, 3.8) is 0 Å². The van der Waals surface area contributed by atoms with Gasteiger partial charge in [-0.3, -0.25) is 14.3 Å². The number of pyridine rings is 1. The van der Waals surface area contributed by atoms with Gasteiger partial charge in [-0.15, -0.1) is 23.4 Å². The molecule has 0 bridgehead atoms. The van der Waals surface area contributed by atoms with E-state index in [0.717, 1.165) is 5.56 Å². The van der Waals surface area contributed by atoms with Gasteiger partial charge in [0.15, 0.2) is 11.0 Å². The van der Waals surface area contributed by atoms with E-state index in [1.54, 1.807) is 52.2 Å². The maximum Gasteiger partial charge on any atom is 0.233 e. The van der Waals surface area contributed by atoms with E-state index in [-0.39, 0.29) is 11.7 Å². The lowest BCUT2D eigenvalue weighted by Gasteiger charge is -2.19. The molecule has 0 aliphatic carbocycles. The van der Waals surface area contributed by atoms with Crippen molar-refractivity contribution < 1.29 is 4.79 Å². The first-order chi connectivity index (χ1) is 14.5. The Morgan fingerprint density at radius 2 is 1.93 bits per heavy atom. The highest BCUT2D eigenvalue weighted by Gasteiger charge is 2.20. The lowest BCUT2D eigenvalue weighted by atomic mass is 10.2. The van der Waals surface area contributed by atoms with E-state index in [1.807, 2.05) is 12.1 Å². The SMILES string of the molecule is C=CCN(CC=C)C(=O)CSc1nnc(-c2cccnc2)n1-c1cc(Cl)ccc1Cl. The zero-order valence-corrected chi connectivity index (χ0v) is 18.4. The Morgan fingerprint density at radius 1 is 1.17 bits per heavy atom. The minimum Gasteiger partial charge on any atom is -0.335 e. The predicted molar refractivity (Wildman–Crippen MR) is 122 cm³/mol. The Morgan fingerprint density at radius 3 is 2.60 bits per heavy atom. The molecule has 6 nitrogen and oxygen atoms in total. The number of aromatic nitrogens is 4. The molecule has 9 heteroatoms. The Labute approximate surface area is 189 Å². The summed E-state index contributed by atoms with van der Waals surface area (Å²) in [4.78, 5) is 18.4. The maximum atomic E-state index is 12.6. The number of hydrogen-bond donors (Lipinski definition) is 0. The van der Waals surface area contributed by atoms with Crippen LogP contribution in [-0.4, -0.2) is 49.4 Å². The van der Waals surface area contributed by atoms with Gasteiger partial charge in [0.05, 0.1) is 16.5 Å². The van der Waals surface area contributed by atoms with Gasteiger partial charge in [0.2, 0.25) is 5.91 Å². The lowest BCUT2D eigenvalue weighted by molar-refractivity contribution is -0.127. The molecular formula is C21H19Cl2N5OS. The van der Waals surface area contributed by atoms with Crippen LogP contribution in [0.15, 0.2) is 73.2 Å². The molecule has 154 valence electrons. The van der Waals surface area contributed by atoms with Crippen LogP contribution < -0.4 is 0 Å². The van der Waals surface area contributed by atoms with Crippen LogP contribution in [0.1, 0.15) is 0 Å². The van der Waals surface area contributed by atoms with Crippen LogP contribution in [0.5, 0.6) is 0 Å².